The summed E-state index contributed by atoms with van der Waals surface area (Å²) in [5.41, 5.74) is 0. The summed E-state index contributed by atoms with van der Waals surface area (Å²) >= 11 is 0. The highest BCUT2D eigenvalue weighted by Crippen LogP contribution is 2.04. The van der Waals surface area contributed by atoms with Gasteiger partial charge in [-0.15, -0.1) is 0 Å². The predicted molar refractivity (Wildman–Crippen MR) is 64.3 cm³/mol. The standard InChI is InChI=1S/C10H21NO2.C2H6/c1-3-12-7-4-5-11-6-8-13-10(2)9-11;1-2/h10H,3-9H2,1-2H3;1-2H3. The molecule has 0 saturated carbocycles. The SMILES string of the molecule is CC.CCOCCCN1CCOC(C)C1. The molecule has 0 aromatic heterocycles. The van der Waals surface area contributed by atoms with Gasteiger partial charge in [-0.1, -0.05) is 13.8 Å². The van der Waals surface area contributed by atoms with Gasteiger partial charge in [-0.25, -0.2) is 0 Å². The Bertz CT molecular complexity index is 131. The zero-order chi connectivity index (χ0) is 11.5. The lowest BCUT2D eigenvalue weighted by atomic mass is 10.3. The van der Waals surface area contributed by atoms with E-state index in [-0.39, 0.29) is 0 Å². The van der Waals surface area contributed by atoms with Crippen LogP contribution in [0.25, 0.3) is 0 Å². The van der Waals surface area contributed by atoms with Crippen LogP contribution in [0.3, 0.4) is 0 Å². The molecule has 0 radical (unpaired) electrons. The Kier molecular flexibility index (Phi) is 10.3. The van der Waals surface area contributed by atoms with Crippen molar-refractivity contribution in [3.63, 3.8) is 0 Å². The topological polar surface area (TPSA) is 21.7 Å². The first-order valence-corrected chi connectivity index (χ1v) is 6.24. The highest BCUT2D eigenvalue weighted by molar-refractivity contribution is 4.67. The summed E-state index contributed by atoms with van der Waals surface area (Å²) in [5.74, 6) is 0. The lowest BCUT2D eigenvalue weighted by molar-refractivity contribution is -0.0206. The minimum absolute atomic E-state index is 0.404. The van der Waals surface area contributed by atoms with Crippen molar-refractivity contribution in [3.05, 3.63) is 0 Å². The molecule has 1 saturated heterocycles. The summed E-state index contributed by atoms with van der Waals surface area (Å²) in [6, 6.07) is 0. The summed E-state index contributed by atoms with van der Waals surface area (Å²) in [6.45, 7) is 14.1. The third-order valence-corrected chi connectivity index (χ3v) is 2.29. The first kappa shape index (κ1) is 14.9. The summed E-state index contributed by atoms with van der Waals surface area (Å²) < 4.78 is 10.8. The highest BCUT2D eigenvalue weighted by Gasteiger charge is 2.15. The van der Waals surface area contributed by atoms with Crippen molar-refractivity contribution in [1.82, 2.24) is 4.90 Å². The number of nitrogens with zero attached hydrogens (tertiary/aromatic N) is 1. The molecule has 0 bridgehead atoms. The smallest absolute Gasteiger partial charge is 0.0674 e. The molecule has 1 rings (SSSR count). The van der Waals surface area contributed by atoms with E-state index in [0.717, 1.165) is 45.9 Å². The van der Waals surface area contributed by atoms with E-state index in [1.54, 1.807) is 0 Å². The van der Waals surface area contributed by atoms with Crippen LogP contribution in [0.15, 0.2) is 0 Å². The van der Waals surface area contributed by atoms with Crippen molar-refractivity contribution in [1.29, 1.82) is 0 Å². The van der Waals surface area contributed by atoms with Gasteiger partial charge >= 0.3 is 0 Å². The van der Waals surface area contributed by atoms with E-state index in [9.17, 15) is 0 Å². The summed E-state index contributed by atoms with van der Waals surface area (Å²) in [7, 11) is 0. The molecule has 0 spiro atoms. The number of ether oxygens (including phenoxy) is 2. The van der Waals surface area contributed by atoms with Gasteiger partial charge in [0.05, 0.1) is 12.7 Å². The van der Waals surface area contributed by atoms with Gasteiger partial charge in [-0.3, -0.25) is 4.90 Å². The molecule has 1 aliphatic rings. The maximum absolute atomic E-state index is 5.46. The Morgan fingerprint density at radius 1 is 1.40 bits per heavy atom. The largest absolute Gasteiger partial charge is 0.382 e. The maximum atomic E-state index is 5.46. The van der Waals surface area contributed by atoms with E-state index >= 15 is 0 Å². The van der Waals surface area contributed by atoms with Gasteiger partial charge in [0, 0.05) is 32.8 Å². The maximum Gasteiger partial charge on any atom is 0.0674 e. The molecular weight excluding hydrogens is 190 g/mol. The van der Waals surface area contributed by atoms with Crippen molar-refractivity contribution in [3.8, 4) is 0 Å². The summed E-state index contributed by atoms with van der Waals surface area (Å²) in [4.78, 5) is 2.45. The van der Waals surface area contributed by atoms with Crippen molar-refractivity contribution in [2.75, 3.05) is 39.5 Å². The molecule has 0 aromatic rings. The van der Waals surface area contributed by atoms with E-state index < -0.39 is 0 Å². The molecule has 0 aliphatic carbocycles. The first-order valence-electron chi connectivity index (χ1n) is 6.24. The van der Waals surface area contributed by atoms with Crippen LogP contribution in [0.2, 0.25) is 0 Å². The van der Waals surface area contributed by atoms with Gasteiger partial charge in [-0.05, 0) is 20.3 Å². The fraction of sp³-hybridized carbons (Fsp3) is 1.00. The molecule has 15 heavy (non-hydrogen) atoms. The monoisotopic (exact) mass is 217 g/mol. The lowest BCUT2D eigenvalue weighted by Gasteiger charge is -2.30. The molecule has 1 aliphatic heterocycles. The third kappa shape index (κ3) is 7.77. The number of hydrogen-bond donors (Lipinski definition) is 0. The van der Waals surface area contributed by atoms with Crippen molar-refractivity contribution >= 4 is 0 Å². The zero-order valence-corrected chi connectivity index (χ0v) is 10.8. The zero-order valence-electron chi connectivity index (χ0n) is 10.8. The fourth-order valence-corrected chi connectivity index (χ4v) is 1.63. The Balaban J connectivity index is 0.000000921. The highest BCUT2D eigenvalue weighted by atomic mass is 16.5. The summed E-state index contributed by atoms with van der Waals surface area (Å²) in [6.07, 6.45) is 1.54. The molecule has 92 valence electrons. The van der Waals surface area contributed by atoms with Gasteiger partial charge in [-0.2, -0.15) is 0 Å². The average Bonchev–Trinajstić information content (AvgIpc) is 2.27. The van der Waals surface area contributed by atoms with E-state index in [2.05, 4.69) is 11.8 Å². The van der Waals surface area contributed by atoms with Crippen LogP contribution >= 0.6 is 0 Å². The fourth-order valence-electron chi connectivity index (χ4n) is 1.63. The van der Waals surface area contributed by atoms with Crippen molar-refractivity contribution in [2.24, 2.45) is 0 Å². The Morgan fingerprint density at radius 3 is 2.73 bits per heavy atom. The van der Waals surface area contributed by atoms with Crippen molar-refractivity contribution in [2.45, 2.75) is 40.2 Å². The van der Waals surface area contributed by atoms with E-state index in [1.165, 1.54) is 0 Å². The van der Waals surface area contributed by atoms with Crippen molar-refractivity contribution < 1.29 is 9.47 Å². The van der Waals surface area contributed by atoms with E-state index in [4.69, 9.17) is 9.47 Å². The Hall–Kier alpha value is -0.120. The number of morpholine rings is 1. The van der Waals surface area contributed by atoms with Crippen LogP contribution < -0.4 is 0 Å². The minimum Gasteiger partial charge on any atom is -0.382 e. The second kappa shape index (κ2) is 10.4. The second-order valence-corrected chi connectivity index (χ2v) is 3.53. The quantitative estimate of drug-likeness (QED) is 0.659. The van der Waals surface area contributed by atoms with Crippen LogP contribution in [-0.2, 0) is 9.47 Å². The molecule has 1 heterocycles. The molecular formula is C12H27NO2. The number of rotatable bonds is 5. The Labute approximate surface area is 94.7 Å². The van der Waals surface area contributed by atoms with Crippen LogP contribution in [0, 0.1) is 0 Å². The summed E-state index contributed by atoms with van der Waals surface area (Å²) in [5, 5.41) is 0. The average molecular weight is 217 g/mol. The van der Waals surface area contributed by atoms with Crippen LogP contribution in [0.4, 0.5) is 0 Å². The Morgan fingerprint density at radius 2 is 2.13 bits per heavy atom. The first-order chi connectivity index (χ1) is 7.33. The number of hydrogen-bond acceptors (Lipinski definition) is 3. The molecule has 0 aromatic carbocycles. The lowest BCUT2D eigenvalue weighted by Crippen LogP contribution is -2.41. The normalized spacial score (nSPS) is 22.0. The third-order valence-electron chi connectivity index (χ3n) is 2.29. The molecule has 0 amide bonds. The molecule has 1 fully saturated rings. The molecule has 1 atom stereocenters. The van der Waals surface area contributed by atoms with Gasteiger partial charge in [0.2, 0.25) is 0 Å². The van der Waals surface area contributed by atoms with Gasteiger partial charge in [0.15, 0.2) is 0 Å². The minimum atomic E-state index is 0.404. The van der Waals surface area contributed by atoms with E-state index in [0.29, 0.717) is 6.10 Å². The molecule has 3 nitrogen and oxygen atoms in total. The van der Waals surface area contributed by atoms with Crippen LogP contribution in [-0.4, -0.2) is 50.5 Å². The molecule has 3 heteroatoms. The van der Waals surface area contributed by atoms with E-state index in [1.807, 2.05) is 20.8 Å². The van der Waals surface area contributed by atoms with Gasteiger partial charge in [0.25, 0.3) is 0 Å². The predicted octanol–water partition coefficient (Wildman–Crippen LogP) is 2.16. The van der Waals surface area contributed by atoms with Gasteiger partial charge < -0.3 is 9.47 Å². The van der Waals surface area contributed by atoms with Crippen LogP contribution in [0.1, 0.15) is 34.1 Å². The molecule has 0 N–H and O–H groups in total. The van der Waals surface area contributed by atoms with Gasteiger partial charge in [0.1, 0.15) is 0 Å². The molecule has 1 unspecified atom stereocenters. The van der Waals surface area contributed by atoms with Crippen LogP contribution in [0.5, 0.6) is 0 Å². The second-order valence-electron chi connectivity index (χ2n) is 3.53.